The molecule has 1 rings (SSSR count). The van der Waals surface area contributed by atoms with Gasteiger partial charge in [0, 0.05) is 0 Å². The van der Waals surface area contributed by atoms with Crippen molar-refractivity contribution in [2.45, 2.75) is 18.1 Å². The number of thiol groups is 1. The van der Waals surface area contributed by atoms with Gasteiger partial charge in [-0.2, -0.15) is 22.6 Å². The Bertz CT molecular complexity index is 567. The number of hydrogen-bond donors (Lipinski definition) is 4. The minimum absolute atomic E-state index is 0.0745. The molecule has 1 unspecified atom stereocenters. The fourth-order valence-electron chi connectivity index (χ4n) is 1.35. The Labute approximate surface area is 129 Å². The lowest BCUT2D eigenvalue weighted by molar-refractivity contribution is -0.427. The molecule has 0 aliphatic rings. The van der Waals surface area contributed by atoms with Gasteiger partial charge in [-0.3, -0.25) is 5.73 Å². The van der Waals surface area contributed by atoms with Gasteiger partial charge >= 0.3 is 11.8 Å². The predicted octanol–water partition coefficient (Wildman–Crippen LogP) is 0.493. The van der Waals surface area contributed by atoms with Crippen molar-refractivity contribution in [3.8, 4) is 0 Å². The van der Waals surface area contributed by atoms with E-state index in [1.807, 2.05) is 0 Å². The third kappa shape index (κ3) is 5.15. The first-order valence-electron chi connectivity index (χ1n) is 5.63. The lowest BCUT2D eigenvalue weighted by Gasteiger charge is -2.07. The van der Waals surface area contributed by atoms with Crippen LogP contribution in [0.5, 0.6) is 0 Å². The number of hydrogen-bond acceptors (Lipinski definition) is 9. The minimum Gasteiger partial charge on any atom is -0.370 e. The zero-order chi connectivity index (χ0) is 16.0. The molecule has 1 atom stereocenters. The van der Waals surface area contributed by atoms with E-state index in [-0.39, 0.29) is 17.8 Å². The van der Waals surface area contributed by atoms with Gasteiger partial charge in [0.15, 0.2) is 11.8 Å². The Hall–Kier alpha value is -1.95. The fourth-order valence-corrected chi connectivity index (χ4v) is 2.19. The number of aromatic nitrogens is 2. The SMILES string of the molecule is CSC(CCC(S)c1noc(N=C(N)N)n1)=C(N)[N+](=O)[O-]. The van der Waals surface area contributed by atoms with Gasteiger partial charge in [-0.15, -0.1) is 11.8 Å². The highest BCUT2D eigenvalue weighted by Gasteiger charge is 2.18. The smallest absolute Gasteiger partial charge is 0.350 e. The molecule has 0 saturated carbocycles. The Balaban J connectivity index is 2.71. The molecule has 1 aromatic rings. The maximum absolute atomic E-state index is 10.6. The molecule has 0 aliphatic heterocycles. The number of nitro groups is 1. The number of allylic oxidation sites excluding steroid dienone is 1. The van der Waals surface area contributed by atoms with Crippen molar-refractivity contribution in [2.24, 2.45) is 22.2 Å². The standard InChI is InChI=1S/C9H15N7O3S2/c1-21-5(6(10)16(17)18)3-2-4(20)7-13-9(19-15-7)14-8(11)12/h4,20H,2-3,10H2,1H3,(H4,11,12,13,14,15). The van der Waals surface area contributed by atoms with E-state index < -0.39 is 10.2 Å². The Morgan fingerprint density at radius 1 is 1.57 bits per heavy atom. The third-order valence-electron chi connectivity index (χ3n) is 2.33. The van der Waals surface area contributed by atoms with Crippen LogP contribution in [0.4, 0.5) is 6.01 Å². The van der Waals surface area contributed by atoms with Gasteiger partial charge in [0.1, 0.15) is 0 Å². The molecule has 21 heavy (non-hydrogen) atoms. The maximum atomic E-state index is 10.6. The van der Waals surface area contributed by atoms with Crippen molar-refractivity contribution >= 4 is 36.4 Å². The highest BCUT2D eigenvalue weighted by Crippen LogP contribution is 2.29. The maximum Gasteiger partial charge on any atom is 0.350 e. The van der Waals surface area contributed by atoms with Gasteiger partial charge in [-0.1, -0.05) is 5.16 Å². The zero-order valence-electron chi connectivity index (χ0n) is 11.1. The summed E-state index contributed by atoms with van der Waals surface area (Å²) in [6, 6.07) is -0.0745. The molecule has 12 heteroatoms. The van der Waals surface area contributed by atoms with E-state index in [2.05, 4.69) is 27.8 Å². The Morgan fingerprint density at radius 2 is 2.24 bits per heavy atom. The number of thioether (sulfide) groups is 1. The molecule has 0 spiro atoms. The first-order valence-corrected chi connectivity index (χ1v) is 7.37. The van der Waals surface area contributed by atoms with Gasteiger partial charge in [-0.05, 0) is 24.0 Å². The second kappa shape index (κ2) is 7.73. The molecule has 0 aromatic carbocycles. The van der Waals surface area contributed by atoms with Crippen molar-refractivity contribution in [1.82, 2.24) is 10.1 Å². The van der Waals surface area contributed by atoms with Gasteiger partial charge in [0.05, 0.1) is 10.2 Å². The number of nitrogens with zero attached hydrogens (tertiary/aromatic N) is 4. The van der Waals surface area contributed by atoms with E-state index in [0.717, 1.165) is 0 Å². The van der Waals surface area contributed by atoms with Crippen LogP contribution in [-0.4, -0.2) is 27.3 Å². The highest BCUT2D eigenvalue weighted by atomic mass is 32.2. The summed E-state index contributed by atoms with van der Waals surface area (Å²) in [5.74, 6) is -0.275. The van der Waals surface area contributed by atoms with Crippen molar-refractivity contribution in [3.05, 3.63) is 26.7 Å². The van der Waals surface area contributed by atoms with E-state index >= 15 is 0 Å². The van der Waals surface area contributed by atoms with Crippen LogP contribution in [-0.2, 0) is 0 Å². The van der Waals surface area contributed by atoms with Crippen molar-refractivity contribution in [3.63, 3.8) is 0 Å². The molecule has 6 N–H and O–H groups in total. The molecule has 1 aromatic heterocycles. The van der Waals surface area contributed by atoms with Gasteiger partial charge in [-0.25, -0.2) is 0 Å². The Morgan fingerprint density at radius 3 is 2.76 bits per heavy atom. The van der Waals surface area contributed by atoms with E-state index in [0.29, 0.717) is 23.6 Å². The second-order valence-electron chi connectivity index (χ2n) is 3.80. The molecule has 1 heterocycles. The van der Waals surface area contributed by atoms with Crippen LogP contribution in [0.3, 0.4) is 0 Å². The van der Waals surface area contributed by atoms with E-state index in [4.69, 9.17) is 21.7 Å². The van der Waals surface area contributed by atoms with Gasteiger partial charge in [0.25, 0.3) is 0 Å². The summed E-state index contributed by atoms with van der Waals surface area (Å²) in [5, 5.41) is 13.9. The molecule has 116 valence electrons. The number of rotatable bonds is 7. The molecule has 0 saturated heterocycles. The van der Waals surface area contributed by atoms with Crippen LogP contribution in [0.15, 0.2) is 20.2 Å². The molecular weight excluding hydrogens is 318 g/mol. The summed E-state index contributed by atoms with van der Waals surface area (Å²) < 4.78 is 4.81. The predicted molar refractivity (Wildman–Crippen MR) is 82.5 cm³/mol. The first kappa shape index (κ1) is 17.1. The monoisotopic (exact) mass is 333 g/mol. The topological polar surface area (TPSA) is 172 Å². The molecule has 0 fully saturated rings. The summed E-state index contributed by atoms with van der Waals surface area (Å²) in [5.41, 5.74) is 15.8. The molecule has 0 radical (unpaired) electrons. The number of nitrogens with two attached hydrogens (primary N) is 3. The largest absolute Gasteiger partial charge is 0.370 e. The quantitative estimate of drug-likeness (QED) is 0.182. The third-order valence-corrected chi connectivity index (χ3v) is 3.72. The lowest BCUT2D eigenvalue weighted by Crippen LogP contribution is -2.21. The van der Waals surface area contributed by atoms with Crippen molar-refractivity contribution in [2.75, 3.05) is 6.26 Å². The van der Waals surface area contributed by atoms with Crippen LogP contribution in [0, 0.1) is 10.1 Å². The summed E-state index contributed by atoms with van der Waals surface area (Å²) >= 11 is 5.54. The molecular formula is C9H15N7O3S2. The van der Waals surface area contributed by atoms with Crippen LogP contribution < -0.4 is 17.2 Å². The molecule has 10 nitrogen and oxygen atoms in total. The molecule has 0 aliphatic carbocycles. The summed E-state index contributed by atoms with van der Waals surface area (Å²) in [7, 11) is 0. The highest BCUT2D eigenvalue weighted by molar-refractivity contribution is 8.02. The normalized spacial score (nSPS) is 13.4. The van der Waals surface area contributed by atoms with E-state index in [1.54, 1.807) is 6.26 Å². The van der Waals surface area contributed by atoms with Crippen LogP contribution in [0.25, 0.3) is 0 Å². The van der Waals surface area contributed by atoms with E-state index in [9.17, 15) is 10.1 Å². The zero-order valence-corrected chi connectivity index (χ0v) is 12.8. The summed E-state index contributed by atoms with van der Waals surface area (Å²) in [6.45, 7) is 0. The second-order valence-corrected chi connectivity index (χ2v) is 5.32. The minimum atomic E-state index is -0.620. The van der Waals surface area contributed by atoms with Crippen LogP contribution >= 0.6 is 24.4 Å². The van der Waals surface area contributed by atoms with E-state index in [1.165, 1.54) is 11.8 Å². The van der Waals surface area contributed by atoms with Crippen LogP contribution in [0.1, 0.15) is 23.9 Å². The van der Waals surface area contributed by atoms with Gasteiger partial charge < -0.3 is 26.1 Å². The molecule has 0 bridgehead atoms. The average Bonchev–Trinajstić information content (AvgIpc) is 2.86. The summed E-state index contributed by atoms with van der Waals surface area (Å²) in [4.78, 5) is 18.0. The van der Waals surface area contributed by atoms with Crippen LogP contribution in [0.2, 0.25) is 0 Å². The molecule has 0 amide bonds. The number of guanidine groups is 1. The average molecular weight is 333 g/mol. The van der Waals surface area contributed by atoms with Gasteiger partial charge in [0.2, 0.25) is 0 Å². The summed E-state index contributed by atoms with van der Waals surface area (Å²) in [6.07, 6.45) is 2.52. The Kier molecular flexibility index (Phi) is 6.30. The van der Waals surface area contributed by atoms with Crippen molar-refractivity contribution < 1.29 is 9.45 Å². The first-order chi connectivity index (χ1) is 9.85. The fraction of sp³-hybridized carbons (Fsp3) is 0.444. The lowest BCUT2D eigenvalue weighted by atomic mass is 10.2. The van der Waals surface area contributed by atoms with Crippen molar-refractivity contribution in [1.29, 1.82) is 0 Å². The number of aliphatic imine (C=N–C) groups is 1.